The second-order valence-corrected chi connectivity index (χ2v) is 8.71. The quantitative estimate of drug-likeness (QED) is 0.250. The Morgan fingerprint density at radius 1 is 1.16 bits per heavy atom. The number of Topliss-reactive ketones (excluding diaryl/α,β-unsaturated/α-hetero) is 2. The van der Waals surface area contributed by atoms with Crippen LogP contribution in [0.3, 0.4) is 0 Å². The minimum atomic E-state index is -1.88. The van der Waals surface area contributed by atoms with Gasteiger partial charge >= 0.3 is 5.97 Å². The number of nitrogens with one attached hydrogen (secondary N) is 1. The Morgan fingerprint density at radius 3 is 2.45 bits per heavy atom. The van der Waals surface area contributed by atoms with E-state index in [1.165, 1.54) is 0 Å². The summed E-state index contributed by atoms with van der Waals surface area (Å²) in [5, 5.41) is 3.30. The number of allylic oxidation sites excluding steroid dienone is 1. The number of epoxide rings is 1. The highest BCUT2D eigenvalue weighted by atomic mass is 16.7. The SMILES string of the molecule is CCCCC(CNCC)COC(=O)C12OC1(CC=C(C)C)C(=O)c1ccccc1C2=O. The molecule has 168 valence electrons. The van der Waals surface area contributed by atoms with E-state index in [0.717, 1.165) is 37.9 Å². The molecular weight excluding hydrogens is 394 g/mol. The van der Waals surface area contributed by atoms with Crippen molar-refractivity contribution in [1.29, 1.82) is 0 Å². The third kappa shape index (κ3) is 4.11. The van der Waals surface area contributed by atoms with Crippen LogP contribution < -0.4 is 5.32 Å². The average molecular weight is 428 g/mol. The van der Waals surface area contributed by atoms with Gasteiger partial charge in [-0.15, -0.1) is 0 Å². The number of hydrogen-bond donors (Lipinski definition) is 1. The van der Waals surface area contributed by atoms with Gasteiger partial charge in [0.25, 0.3) is 5.60 Å². The Hall–Kier alpha value is -2.31. The zero-order valence-corrected chi connectivity index (χ0v) is 19.0. The van der Waals surface area contributed by atoms with Crippen molar-refractivity contribution in [2.45, 2.75) is 64.6 Å². The number of esters is 1. The first-order chi connectivity index (χ1) is 14.8. The fourth-order valence-electron chi connectivity index (χ4n) is 4.26. The van der Waals surface area contributed by atoms with Crippen LogP contribution in [-0.4, -0.2) is 48.4 Å². The molecular formula is C25H33NO5. The Balaban J connectivity index is 1.87. The molecule has 1 N–H and O–H groups in total. The topological polar surface area (TPSA) is 85.0 Å². The van der Waals surface area contributed by atoms with Crippen LogP contribution in [0.4, 0.5) is 0 Å². The fraction of sp³-hybridized carbons (Fsp3) is 0.560. The summed E-state index contributed by atoms with van der Waals surface area (Å²) in [5.41, 5.74) is -1.87. The summed E-state index contributed by atoms with van der Waals surface area (Å²) in [4.78, 5) is 40.0. The summed E-state index contributed by atoms with van der Waals surface area (Å²) >= 11 is 0. The Morgan fingerprint density at radius 2 is 1.84 bits per heavy atom. The van der Waals surface area contributed by atoms with E-state index >= 15 is 0 Å². The van der Waals surface area contributed by atoms with Crippen molar-refractivity contribution in [2.24, 2.45) is 5.92 Å². The Kier molecular flexibility index (Phi) is 7.12. The Labute approximate surface area is 184 Å². The summed E-state index contributed by atoms with van der Waals surface area (Å²) < 4.78 is 11.5. The van der Waals surface area contributed by atoms with E-state index in [-0.39, 0.29) is 30.3 Å². The average Bonchev–Trinajstić information content (AvgIpc) is 3.48. The molecule has 0 amide bonds. The second-order valence-electron chi connectivity index (χ2n) is 8.71. The third-order valence-electron chi connectivity index (χ3n) is 6.14. The van der Waals surface area contributed by atoms with Gasteiger partial charge in [0.05, 0.1) is 6.61 Å². The molecule has 1 saturated heterocycles. The summed E-state index contributed by atoms with van der Waals surface area (Å²) in [7, 11) is 0. The van der Waals surface area contributed by atoms with Crippen molar-refractivity contribution in [1.82, 2.24) is 5.32 Å². The first-order valence-corrected chi connectivity index (χ1v) is 11.2. The number of carbonyl (C=O) groups is 3. The van der Waals surface area contributed by atoms with Gasteiger partial charge in [-0.1, -0.05) is 62.6 Å². The molecule has 0 aromatic heterocycles. The lowest BCUT2D eigenvalue weighted by Gasteiger charge is -2.24. The standard InChI is InChI=1S/C25H33NO5/c1-5-7-10-18(15-26-6-2)16-30-23(29)25-22(28)20-12-9-8-11-19(20)21(27)24(25,31-25)14-13-17(3)4/h8-9,11-13,18,26H,5-7,10,14-16H2,1-4H3. The minimum Gasteiger partial charge on any atom is -0.463 e. The number of fused-ring (bicyclic) bond motifs is 2. The largest absolute Gasteiger partial charge is 0.463 e. The maximum atomic E-state index is 13.4. The van der Waals surface area contributed by atoms with Crippen LogP contribution in [0.25, 0.3) is 0 Å². The number of carbonyl (C=O) groups excluding carboxylic acids is 3. The van der Waals surface area contributed by atoms with E-state index < -0.39 is 23.0 Å². The van der Waals surface area contributed by atoms with Crippen LogP contribution in [0.5, 0.6) is 0 Å². The highest BCUT2D eigenvalue weighted by Gasteiger charge is 2.85. The molecule has 1 aromatic carbocycles. The highest BCUT2D eigenvalue weighted by molar-refractivity contribution is 6.32. The molecule has 1 fully saturated rings. The maximum Gasteiger partial charge on any atom is 0.350 e. The van der Waals surface area contributed by atoms with Crippen molar-refractivity contribution in [3.63, 3.8) is 0 Å². The molecule has 6 heteroatoms. The molecule has 0 radical (unpaired) electrons. The van der Waals surface area contributed by atoms with Crippen molar-refractivity contribution in [2.75, 3.05) is 19.7 Å². The van der Waals surface area contributed by atoms with Crippen LogP contribution in [0, 0.1) is 5.92 Å². The van der Waals surface area contributed by atoms with Crippen molar-refractivity contribution < 1.29 is 23.9 Å². The molecule has 3 atom stereocenters. The van der Waals surface area contributed by atoms with Crippen molar-refractivity contribution >= 4 is 17.5 Å². The predicted molar refractivity (Wildman–Crippen MR) is 118 cm³/mol. The number of unbranched alkanes of at least 4 members (excludes halogenated alkanes) is 1. The smallest absolute Gasteiger partial charge is 0.350 e. The van der Waals surface area contributed by atoms with Gasteiger partial charge in [0.2, 0.25) is 5.78 Å². The number of ether oxygens (including phenoxy) is 2. The van der Waals surface area contributed by atoms with E-state index in [4.69, 9.17) is 9.47 Å². The van der Waals surface area contributed by atoms with E-state index in [0.29, 0.717) is 5.56 Å². The molecule has 1 aliphatic carbocycles. The molecule has 0 bridgehead atoms. The molecule has 1 aliphatic heterocycles. The predicted octanol–water partition coefficient (Wildman–Crippen LogP) is 3.89. The molecule has 3 rings (SSSR count). The molecule has 1 aromatic rings. The molecule has 3 unspecified atom stereocenters. The van der Waals surface area contributed by atoms with E-state index in [2.05, 4.69) is 12.2 Å². The van der Waals surface area contributed by atoms with Gasteiger partial charge in [0, 0.05) is 30.0 Å². The van der Waals surface area contributed by atoms with Gasteiger partial charge in [-0.2, -0.15) is 0 Å². The molecule has 2 aliphatic rings. The molecule has 0 saturated carbocycles. The van der Waals surface area contributed by atoms with Gasteiger partial charge in [0.1, 0.15) is 0 Å². The van der Waals surface area contributed by atoms with E-state index in [1.807, 2.05) is 26.8 Å². The van der Waals surface area contributed by atoms with Crippen LogP contribution in [0.15, 0.2) is 35.9 Å². The molecule has 6 nitrogen and oxygen atoms in total. The van der Waals surface area contributed by atoms with E-state index in [9.17, 15) is 14.4 Å². The number of rotatable bonds is 11. The normalized spacial score (nSPS) is 24.8. The zero-order valence-electron chi connectivity index (χ0n) is 19.0. The van der Waals surface area contributed by atoms with Crippen LogP contribution in [0.1, 0.15) is 74.1 Å². The maximum absolute atomic E-state index is 13.4. The van der Waals surface area contributed by atoms with Gasteiger partial charge in [-0.05, 0) is 26.8 Å². The summed E-state index contributed by atoms with van der Waals surface area (Å²) in [6.45, 7) is 9.71. The monoisotopic (exact) mass is 427 g/mol. The second kappa shape index (κ2) is 9.45. The summed E-state index contributed by atoms with van der Waals surface area (Å²) in [6, 6.07) is 6.59. The lowest BCUT2D eigenvalue weighted by Crippen LogP contribution is -2.50. The van der Waals surface area contributed by atoms with Gasteiger partial charge in [-0.3, -0.25) is 9.59 Å². The lowest BCUT2D eigenvalue weighted by molar-refractivity contribution is -0.149. The van der Waals surface area contributed by atoms with Gasteiger partial charge in [-0.25, -0.2) is 4.79 Å². The molecule has 0 spiro atoms. The zero-order chi connectivity index (χ0) is 22.6. The van der Waals surface area contributed by atoms with Gasteiger partial charge < -0.3 is 14.8 Å². The summed E-state index contributed by atoms with van der Waals surface area (Å²) in [5.74, 6) is -1.41. The molecule has 31 heavy (non-hydrogen) atoms. The first-order valence-electron chi connectivity index (χ1n) is 11.2. The first kappa shape index (κ1) is 23.4. The summed E-state index contributed by atoms with van der Waals surface area (Å²) in [6.07, 6.45) is 5.01. The van der Waals surface area contributed by atoms with Crippen LogP contribution in [0.2, 0.25) is 0 Å². The molecule has 1 heterocycles. The number of hydrogen-bond acceptors (Lipinski definition) is 6. The third-order valence-corrected chi connectivity index (χ3v) is 6.14. The van der Waals surface area contributed by atoms with Crippen LogP contribution in [-0.2, 0) is 14.3 Å². The minimum absolute atomic E-state index is 0.146. The lowest BCUT2D eigenvalue weighted by atomic mass is 9.72. The van der Waals surface area contributed by atoms with Crippen LogP contribution >= 0.6 is 0 Å². The highest BCUT2D eigenvalue weighted by Crippen LogP contribution is 2.58. The van der Waals surface area contributed by atoms with E-state index in [1.54, 1.807) is 24.3 Å². The Bertz CT molecular complexity index is 880. The fourth-order valence-corrected chi connectivity index (χ4v) is 4.26. The number of benzene rings is 1. The number of ketones is 2. The van der Waals surface area contributed by atoms with Crippen molar-refractivity contribution in [3.05, 3.63) is 47.0 Å². The van der Waals surface area contributed by atoms with Crippen molar-refractivity contribution in [3.8, 4) is 0 Å². The van der Waals surface area contributed by atoms with Gasteiger partial charge in [0.15, 0.2) is 11.4 Å².